The Labute approximate surface area is 121 Å². The largest absolute Gasteiger partial charge is 0.348 e. The van der Waals surface area contributed by atoms with Crippen LogP contribution in [0.3, 0.4) is 0 Å². The Bertz CT molecular complexity index is 539. The van der Waals surface area contributed by atoms with E-state index in [-0.39, 0.29) is 0 Å². The van der Waals surface area contributed by atoms with Crippen LogP contribution in [0.5, 0.6) is 0 Å². The molecule has 3 nitrogen and oxygen atoms in total. The Morgan fingerprint density at radius 1 is 1.15 bits per heavy atom. The molecule has 0 amide bonds. The summed E-state index contributed by atoms with van der Waals surface area (Å²) in [5.41, 5.74) is 1.97. The van der Waals surface area contributed by atoms with Gasteiger partial charge in [0.2, 0.25) is 5.96 Å². The number of allylic oxidation sites excluding steroid dienone is 3. The van der Waals surface area contributed by atoms with Crippen LogP contribution in [0.1, 0.15) is 6.42 Å². The van der Waals surface area contributed by atoms with Crippen molar-refractivity contribution in [2.75, 3.05) is 25.5 Å². The number of guanidine groups is 1. The summed E-state index contributed by atoms with van der Waals surface area (Å²) in [5.74, 6) is 0.904. The summed E-state index contributed by atoms with van der Waals surface area (Å²) >= 11 is 0. The first kappa shape index (κ1) is 14.1. The molecule has 1 aromatic rings. The minimum absolute atomic E-state index is 0.772. The van der Waals surface area contributed by atoms with Gasteiger partial charge < -0.3 is 4.90 Å². The maximum Gasteiger partial charge on any atom is 0.205 e. The Hall–Kier alpha value is -2.29. The fourth-order valence-electron chi connectivity index (χ4n) is 2.05. The van der Waals surface area contributed by atoms with Crippen molar-refractivity contribution in [2.24, 2.45) is 4.99 Å². The molecule has 2 rings (SSSR count). The van der Waals surface area contributed by atoms with Gasteiger partial charge in [-0.3, -0.25) is 9.89 Å². The predicted octanol–water partition coefficient (Wildman–Crippen LogP) is 3.44. The molecule has 0 saturated heterocycles. The second kappa shape index (κ2) is 6.75. The SMILES string of the molecule is C=C1/C=C\C=C/CC/N=C(/N(C)C)N1c1ccccc1. The summed E-state index contributed by atoms with van der Waals surface area (Å²) < 4.78 is 0. The van der Waals surface area contributed by atoms with Gasteiger partial charge in [0.05, 0.1) is 0 Å². The summed E-state index contributed by atoms with van der Waals surface area (Å²) in [6, 6.07) is 10.2. The summed E-state index contributed by atoms with van der Waals surface area (Å²) in [5, 5.41) is 0. The molecule has 1 aliphatic heterocycles. The number of rotatable bonds is 1. The van der Waals surface area contributed by atoms with Crippen LogP contribution in [0.2, 0.25) is 0 Å². The number of aliphatic imine (C=N–C) groups is 1. The van der Waals surface area contributed by atoms with Crippen molar-refractivity contribution in [1.82, 2.24) is 4.90 Å². The van der Waals surface area contributed by atoms with Crippen molar-refractivity contribution >= 4 is 11.6 Å². The summed E-state index contributed by atoms with van der Waals surface area (Å²) in [6.07, 6.45) is 9.14. The van der Waals surface area contributed by atoms with E-state index in [4.69, 9.17) is 4.99 Å². The number of benzene rings is 1. The van der Waals surface area contributed by atoms with Gasteiger partial charge in [0.25, 0.3) is 0 Å². The molecule has 0 fully saturated rings. The van der Waals surface area contributed by atoms with E-state index in [1.807, 2.05) is 55.4 Å². The van der Waals surface area contributed by atoms with Gasteiger partial charge in [-0.1, -0.05) is 43.0 Å². The molecule has 0 spiro atoms. The standard InChI is InChI=1S/C17H21N3/c1-15-11-7-4-5-10-14-18-17(19(2)3)20(15)16-12-8-6-9-13-16/h4-9,11-13H,1,10,14H2,2-3H3/b5-4-,11-7-,18-17-. The van der Waals surface area contributed by atoms with E-state index in [9.17, 15) is 0 Å². The van der Waals surface area contributed by atoms with Crippen molar-refractivity contribution < 1.29 is 0 Å². The van der Waals surface area contributed by atoms with E-state index in [1.54, 1.807) is 0 Å². The predicted molar refractivity (Wildman–Crippen MR) is 86.9 cm³/mol. The van der Waals surface area contributed by atoms with Gasteiger partial charge in [-0.25, -0.2) is 0 Å². The Balaban J connectivity index is 2.47. The van der Waals surface area contributed by atoms with Crippen LogP contribution in [0.15, 0.2) is 71.9 Å². The van der Waals surface area contributed by atoms with Crippen LogP contribution < -0.4 is 4.90 Å². The Morgan fingerprint density at radius 3 is 2.60 bits per heavy atom. The van der Waals surface area contributed by atoms with Crippen molar-refractivity contribution in [3.05, 3.63) is 66.9 Å². The lowest BCUT2D eigenvalue weighted by molar-refractivity contribution is 0.604. The van der Waals surface area contributed by atoms with Gasteiger partial charge in [-0.2, -0.15) is 0 Å². The average Bonchev–Trinajstić information content (AvgIpc) is 2.45. The first-order valence-electron chi connectivity index (χ1n) is 6.79. The van der Waals surface area contributed by atoms with Crippen LogP contribution >= 0.6 is 0 Å². The van der Waals surface area contributed by atoms with E-state index in [1.165, 1.54) is 0 Å². The highest BCUT2D eigenvalue weighted by Gasteiger charge is 2.17. The molecule has 20 heavy (non-hydrogen) atoms. The molecule has 0 aliphatic carbocycles. The number of hydrogen-bond donors (Lipinski definition) is 0. The number of anilines is 1. The van der Waals surface area contributed by atoms with E-state index < -0.39 is 0 Å². The molecule has 0 N–H and O–H groups in total. The Kier molecular flexibility index (Phi) is 4.77. The zero-order valence-corrected chi connectivity index (χ0v) is 12.2. The normalized spacial score (nSPS) is 21.8. The van der Waals surface area contributed by atoms with Crippen molar-refractivity contribution in [3.8, 4) is 0 Å². The van der Waals surface area contributed by atoms with Crippen LogP contribution in [-0.4, -0.2) is 31.5 Å². The average molecular weight is 267 g/mol. The van der Waals surface area contributed by atoms with Gasteiger partial charge >= 0.3 is 0 Å². The fourth-order valence-corrected chi connectivity index (χ4v) is 2.05. The first-order chi connectivity index (χ1) is 9.70. The van der Waals surface area contributed by atoms with E-state index in [2.05, 4.69) is 29.7 Å². The highest BCUT2D eigenvalue weighted by Crippen LogP contribution is 2.21. The molecule has 0 unspecified atom stereocenters. The molecule has 0 radical (unpaired) electrons. The van der Waals surface area contributed by atoms with Crippen LogP contribution in [0.4, 0.5) is 5.69 Å². The lowest BCUT2D eigenvalue weighted by Crippen LogP contribution is -2.40. The zero-order valence-electron chi connectivity index (χ0n) is 12.2. The molecule has 1 aromatic carbocycles. The number of para-hydroxylation sites is 1. The maximum atomic E-state index is 4.72. The lowest BCUT2D eigenvalue weighted by atomic mass is 10.2. The monoisotopic (exact) mass is 267 g/mol. The van der Waals surface area contributed by atoms with Crippen LogP contribution in [0.25, 0.3) is 0 Å². The molecule has 0 bridgehead atoms. The van der Waals surface area contributed by atoms with E-state index in [0.29, 0.717) is 0 Å². The van der Waals surface area contributed by atoms with E-state index in [0.717, 1.165) is 30.3 Å². The lowest BCUT2D eigenvalue weighted by Gasteiger charge is -2.30. The Morgan fingerprint density at radius 2 is 1.90 bits per heavy atom. The van der Waals surface area contributed by atoms with Gasteiger partial charge in [-0.05, 0) is 24.6 Å². The second-order valence-electron chi connectivity index (χ2n) is 4.81. The second-order valence-corrected chi connectivity index (χ2v) is 4.81. The molecule has 3 heteroatoms. The molecule has 0 saturated carbocycles. The molecule has 104 valence electrons. The first-order valence-corrected chi connectivity index (χ1v) is 6.79. The number of nitrogens with zero attached hydrogens (tertiary/aromatic N) is 3. The molecule has 1 heterocycles. The van der Waals surface area contributed by atoms with Gasteiger partial charge in [0, 0.05) is 32.0 Å². The highest BCUT2D eigenvalue weighted by atomic mass is 15.4. The number of hydrogen-bond acceptors (Lipinski definition) is 3. The van der Waals surface area contributed by atoms with Crippen molar-refractivity contribution in [2.45, 2.75) is 6.42 Å². The van der Waals surface area contributed by atoms with Crippen LogP contribution in [0, 0.1) is 0 Å². The highest BCUT2D eigenvalue weighted by molar-refractivity contribution is 5.99. The van der Waals surface area contributed by atoms with Gasteiger partial charge in [-0.15, -0.1) is 0 Å². The third-order valence-corrected chi connectivity index (χ3v) is 2.99. The summed E-state index contributed by atoms with van der Waals surface area (Å²) in [6.45, 7) is 4.95. The topological polar surface area (TPSA) is 18.8 Å². The molecule has 0 atom stereocenters. The third-order valence-electron chi connectivity index (χ3n) is 2.99. The zero-order chi connectivity index (χ0) is 14.4. The van der Waals surface area contributed by atoms with Gasteiger partial charge in [0.15, 0.2) is 0 Å². The maximum absolute atomic E-state index is 4.72. The summed E-state index contributed by atoms with van der Waals surface area (Å²) in [7, 11) is 4.01. The van der Waals surface area contributed by atoms with Crippen molar-refractivity contribution in [1.29, 1.82) is 0 Å². The quantitative estimate of drug-likeness (QED) is 0.776. The smallest absolute Gasteiger partial charge is 0.205 e. The molecule has 0 aromatic heterocycles. The van der Waals surface area contributed by atoms with Crippen LogP contribution in [-0.2, 0) is 0 Å². The molecule has 1 aliphatic rings. The molecular formula is C17H21N3. The molecular weight excluding hydrogens is 246 g/mol. The van der Waals surface area contributed by atoms with E-state index >= 15 is 0 Å². The minimum Gasteiger partial charge on any atom is -0.348 e. The fraction of sp³-hybridized carbons (Fsp3) is 0.235. The summed E-state index contributed by atoms with van der Waals surface area (Å²) in [4.78, 5) is 8.82. The van der Waals surface area contributed by atoms with Gasteiger partial charge in [0.1, 0.15) is 0 Å². The van der Waals surface area contributed by atoms with Crippen molar-refractivity contribution in [3.63, 3.8) is 0 Å². The minimum atomic E-state index is 0.772. The third kappa shape index (κ3) is 3.38.